The summed E-state index contributed by atoms with van der Waals surface area (Å²) in [6.07, 6.45) is -4.54. The maximum atomic E-state index is 12.0. The van der Waals surface area contributed by atoms with Gasteiger partial charge in [0, 0.05) is 5.56 Å². The summed E-state index contributed by atoms with van der Waals surface area (Å²) in [6.45, 7) is 6.21. The van der Waals surface area contributed by atoms with E-state index in [0.717, 1.165) is 5.75 Å². The Kier molecular flexibility index (Phi) is 10.2. The van der Waals surface area contributed by atoms with Crippen molar-refractivity contribution in [3.05, 3.63) is 139 Å². The van der Waals surface area contributed by atoms with Crippen LogP contribution in [0.4, 0.5) is 13.2 Å². The van der Waals surface area contributed by atoms with E-state index in [0.29, 0.717) is 24.3 Å². The summed E-state index contributed by atoms with van der Waals surface area (Å²) < 4.78 is 73.0. The molecule has 0 N–H and O–H groups in total. The molecule has 5 aromatic rings. The number of hydrogen-bond acceptors (Lipinski definition) is 4. The number of halogens is 3. The normalized spacial score (nSPS) is 11.9. The molecule has 0 saturated carbocycles. The van der Waals surface area contributed by atoms with Crippen molar-refractivity contribution in [1.82, 2.24) is 0 Å². The first-order valence-electron chi connectivity index (χ1n) is 13.6. The van der Waals surface area contributed by atoms with Gasteiger partial charge in [0.2, 0.25) is 0 Å². The third kappa shape index (κ3) is 8.98. The van der Waals surface area contributed by atoms with Gasteiger partial charge in [-0.2, -0.15) is 13.2 Å². The second-order valence-electron chi connectivity index (χ2n) is 10.6. The van der Waals surface area contributed by atoms with E-state index in [4.69, 9.17) is 4.74 Å². The molecule has 0 bridgehead atoms. The van der Waals surface area contributed by atoms with Crippen LogP contribution >= 0.6 is 0 Å². The van der Waals surface area contributed by atoms with E-state index in [1.807, 2.05) is 0 Å². The van der Waals surface area contributed by atoms with Crippen molar-refractivity contribution in [2.45, 2.75) is 52.1 Å². The molecule has 0 saturated heterocycles. The third-order valence-corrected chi connectivity index (χ3v) is 9.26. The predicted octanol–water partition coefficient (Wildman–Crippen LogP) is 9.24. The third-order valence-electron chi connectivity index (χ3n) is 6.12. The highest BCUT2D eigenvalue weighted by atomic mass is 32.2. The highest BCUT2D eigenvalue weighted by molar-refractivity contribution is 7.97. The smallest absolute Gasteiger partial charge is 0.416 e. The Morgan fingerprint density at radius 1 is 0.636 bits per heavy atom. The average Bonchev–Trinajstić information content (AvgIpc) is 2.98. The second kappa shape index (κ2) is 13.7. The SMILES string of the molecule is CC(C)(C)Oc1ccc(-c2ccccc2[S+](c2ccccc2)c2ccccc2)cc1.O=S(=O)([O-])c1ccc(C(F)(F)F)cc1. The summed E-state index contributed by atoms with van der Waals surface area (Å²) in [5, 5.41) is 0. The summed E-state index contributed by atoms with van der Waals surface area (Å²) in [5.74, 6) is 0.897. The quantitative estimate of drug-likeness (QED) is 0.138. The first kappa shape index (κ1) is 32.9. The first-order chi connectivity index (χ1) is 20.7. The Bertz CT molecular complexity index is 1710. The zero-order chi connectivity index (χ0) is 32.0. The fourth-order valence-electron chi connectivity index (χ4n) is 4.25. The minimum atomic E-state index is -4.68. The molecule has 0 fully saturated rings. The highest BCUT2D eigenvalue weighted by Crippen LogP contribution is 2.38. The molecule has 5 rings (SSSR count). The summed E-state index contributed by atoms with van der Waals surface area (Å²) in [6, 6.07) is 41.1. The van der Waals surface area contributed by atoms with Crippen LogP contribution in [0, 0.1) is 0 Å². The van der Waals surface area contributed by atoms with Gasteiger partial charge in [-0.1, -0.05) is 60.7 Å². The molecule has 0 aliphatic carbocycles. The van der Waals surface area contributed by atoms with Gasteiger partial charge in [0.15, 0.2) is 14.7 Å². The average molecular weight is 637 g/mol. The number of ether oxygens (including phenoxy) is 1. The van der Waals surface area contributed by atoms with Gasteiger partial charge in [-0.3, -0.25) is 0 Å². The molecule has 0 unspecified atom stereocenters. The monoisotopic (exact) mass is 636 g/mol. The molecule has 228 valence electrons. The van der Waals surface area contributed by atoms with E-state index in [9.17, 15) is 26.1 Å². The van der Waals surface area contributed by atoms with Crippen LogP contribution in [-0.2, 0) is 27.2 Å². The largest absolute Gasteiger partial charge is 0.744 e. The van der Waals surface area contributed by atoms with Crippen molar-refractivity contribution < 1.29 is 30.9 Å². The van der Waals surface area contributed by atoms with E-state index < -0.39 is 26.8 Å². The van der Waals surface area contributed by atoms with Gasteiger partial charge in [0.05, 0.1) is 21.4 Å². The van der Waals surface area contributed by atoms with E-state index in [-0.39, 0.29) is 16.5 Å². The summed E-state index contributed by atoms with van der Waals surface area (Å²) in [4.78, 5) is 3.30. The van der Waals surface area contributed by atoms with Crippen LogP contribution in [0.2, 0.25) is 0 Å². The molecule has 4 nitrogen and oxygen atoms in total. The molecule has 0 amide bonds. The lowest BCUT2D eigenvalue weighted by Gasteiger charge is -2.21. The molecule has 44 heavy (non-hydrogen) atoms. The van der Waals surface area contributed by atoms with Crippen LogP contribution in [0.3, 0.4) is 0 Å². The van der Waals surface area contributed by atoms with Gasteiger partial charge in [-0.15, -0.1) is 0 Å². The highest BCUT2D eigenvalue weighted by Gasteiger charge is 2.31. The Balaban J connectivity index is 0.000000265. The molecule has 0 atom stereocenters. The lowest BCUT2D eigenvalue weighted by Crippen LogP contribution is -2.22. The minimum Gasteiger partial charge on any atom is -0.744 e. The number of alkyl halides is 3. The van der Waals surface area contributed by atoms with Crippen LogP contribution in [0.5, 0.6) is 5.75 Å². The van der Waals surface area contributed by atoms with Crippen LogP contribution in [0.25, 0.3) is 11.1 Å². The standard InChI is InChI=1S/C28H27OS.C7H5F3O3S/c1-28(2,3)29-23-20-18-22(19-21-23)26-16-10-11-17-27(26)30(24-12-6-4-7-13-24)25-14-8-5-9-15-25;8-7(9,10)5-1-3-6(4-2-5)14(11,12)13/h4-21H,1-3H3;1-4H,(H,11,12,13)/q+1;/p-1. The van der Waals surface area contributed by atoms with E-state index in [1.165, 1.54) is 25.8 Å². The van der Waals surface area contributed by atoms with Gasteiger partial charge in [0.25, 0.3) is 0 Å². The number of benzene rings is 5. The molecular formula is C35H31F3O4S2. The number of rotatable bonds is 6. The van der Waals surface area contributed by atoms with Crippen molar-refractivity contribution in [2.24, 2.45) is 0 Å². The molecular weight excluding hydrogens is 606 g/mol. The van der Waals surface area contributed by atoms with Gasteiger partial charge in [-0.25, -0.2) is 8.42 Å². The maximum Gasteiger partial charge on any atom is 0.416 e. The van der Waals surface area contributed by atoms with Crippen molar-refractivity contribution in [2.75, 3.05) is 0 Å². The molecule has 0 aromatic heterocycles. The fourth-order valence-corrected chi connectivity index (χ4v) is 6.98. The summed E-state index contributed by atoms with van der Waals surface area (Å²) >= 11 is 0. The summed E-state index contributed by atoms with van der Waals surface area (Å²) in [7, 11) is -4.86. The van der Waals surface area contributed by atoms with Crippen molar-refractivity contribution >= 4 is 21.0 Å². The van der Waals surface area contributed by atoms with Crippen molar-refractivity contribution in [3.63, 3.8) is 0 Å². The maximum absolute atomic E-state index is 12.0. The molecule has 0 radical (unpaired) electrons. The van der Waals surface area contributed by atoms with Crippen LogP contribution in [-0.4, -0.2) is 18.6 Å². The molecule has 0 aliphatic heterocycles. The topological polar surface area (TPSA) is 66.4 Å². The molecule has 9 heteroatoms. The predicted molar refractivity (Wildman–Crippen MR) is 167 cm³/mol. The molecule has 5 aromatic carbocycles. The van der Waals surface area contributed by atoms with E-state index in [2.05, 4.69) is 130 Å². The lowest BCUT2D eigenvalue weighted by molar-refractivity contribution is -0.137. The molecule has 0 spiro atoms. The van der Waals surface area contributed by atoms with Gasteiger partial charge in [0.1, 0.15) is 21.5 Å². The Morgan fingerprint density at radius 3 is 1.57 bits per heavy atom. The Labute approximate surface area is 259 Å². The van der Waals surface area contributed by atoms with Crippen LogP contribution < -0.4 is 4.74 Å². The van der Waals surface area contributed by atoms with E-state index >= 15 is 0 Å². The second-order valence-corrected chi connectivity index (χ2v) is 14.0. The summed E-state index contributed by atoms with van der Waals surface area (Å²) in [5.41, 5.74) is 1.27. The zero-order valence-electron chi connectivity index (χ0n) is 24.3. The van der Waals surface area contributed by atoms with Crippen molar-refractivity contribution in [3.8, 4) is 16.9 Å². The van der Waals surface area contributed by atoms with Gasteiger partial charge >= 0.3 is 6.18 Å². The number of hydrogen-bond donors (Lipinski definition) is 0. The minimum absolute atomic E-state index is 0.179. The Morgan fingerprint density at radius 2 is 1.11 bits per heavy atom. The van der Waals surface area contributed by atoms with Crippen LogP contribution in [0.1, 0.15) is 26.3 Å². The molecule has 0 heterocycles. The lowest BCUT2D eigenvalue weighted by atomic mass is 10.1. The van der Waals surface area contributed by atoms with Gasteiger partial charge in [-0.05, 0) is 99.1 Å². The van der Waals surface area contributed by atoms with E-state index in [1.54, 1.807) is 0 Å². The zero-order valence-corrected chi connectivity index (χ0v) is 25.9. The van der Waals surface area contributed by atoms with Crippen LogP contribution in [0.15, 0.2) is 153 Å². The first-order valence-corrected chi connectivity index (χ1v) is 16.2. The van der Waals surface area contributed by atoms with Gasteiger partial charge < -0.3 is 9.29 Å². The Hall–Kier alpha value is -4.05. The fraction of sp³-hybridized carbons (Fsp3) is 0.143. The van der Waals surface area contributed by atoms with Crippen molar-refractivity contribution in [1.29, 1.82) is 0 Å². The molecule has 0 aliphatic rings.